The molecule has 0 aliphatic carbocycles. The highest BCUT2D eigenvalue weighted by molar-refractivity contribution is 5.80. The summed E-state index contributed by atoms with van der Waals surface area (Å²) in [6.45, 7) is 4.30. The van der Waals surface area contributed by atoms with Gasteiger partial charge in [0, 0.05) is 51.0 Å². The van der Waals surface area contributed by atoms with Crippen LogP contribution in [0.15, 0.2) is 47.5 Å². The first kappa shape index (κ1) is 20.6. The van der Waals surface area contributed by atoms with Crippen molar-refractivity contribution in [3.8, 4) is 17.2 Å². The highest BCUT2D eigenvalue weighted by Crippen LogP contribution is 2.30. The number of nitrogens with zero attached hydrogens (tertiary/aromatic N) is 3. The van der Waals surface area contributed by atoms with Crippen molar-refractivity contribution in [1.29, 1.82) is 0 Å². The lowest BCUT2D eigenvalue weighted by molar-refractivity contribution is 0.350. The van der Waals surface area contributed by atoms with Crippen LogP contribution in [0.25, 0.3) is 0 Å². The molecule has 1 aliphatic rings. The topological polar surface area (TPSA) is 58.6 Å². The first-order valence-electron chi connectivity index (χ1n) is 9.74. The molecule has 1 aliphatic heterocycles. The maximum atomic E-state index is 5.52. The van der Waals surface area contributed by atoms with Gasteiger partial charge in [0.25, 0.3) is 0 Å². The van der Waals surface area contributed by atoms with E-state index in [1.807, 2.05) is 37.4 Å². The summed E-state index contributed by atoms with van der Waals surface area (Å²) >= 11 is 0. The SMILES string of the molecule is CN=C(NCc1cccc(OC)c1OC)N1CCN(c2ccc(OC)cc2)CC1. The van der Waals surface area contributed by atoms with Gasteiger partial charge in [0.05, 0.1) is 21.3 Å². The van der Waals surface area contributed by atoms with Crippen molar-refractivity contribution in [2.24, 2.45) is 4.99 Å². The molecule has 0 unspecified atom stereocenters. The summed E-state index contributed by atoms with van der Waals surface area (Å²) in [4.78, 5) is 9.14. The Morgan fingerprint density at radius 2 is 1.66 bits per heavy atom. The number of benzene rings is 2. The largest absolute Gasteiger partial charge is 0.497 e. The minimum Gasteiger partial charge on any atom is -0.497 e. The summed E-state index contributed by atoms with van der Waals surface area (Å²) < 4.78 is 16.2. The van der Waals surface area contributed by atoms with E-state index in [1.54, 1.807) is 21.3 Å². The molecule has 1 fully saturated rings. The number of nitrogens with one attached hydrogen (secondary N) is 1. The molecule has 0 atom stereocenters. The first-order valence-corrected chi connectivity index (χ1v) is 9.74. The van der Waals surface area contributed by atoms with Crippen LogP contribution in [0.4, 0.5) is 5.69 Å². The summed E-state index contributed by atoms with van der Waals surface area (Å²) in [6, 6.07) is 14.1. The fraction of sp³-hybridized carbons (Fsp3) is 0.409. The molecule has 0 bridgehead atoms. The van der Waals surface area contributed by atoms with Crippen LogP contribution < -0.4 is 24.4 Å². The third kappa shape index (κ3) is 4.85. The van der Waals surface area contributed by atoms with Crippen molar-refractivity contribution in [2.75, 3.05) is 59.5 Å². The van der Waals surface area contributed by atoms with Crippen LogP contribution in [0.2, 0.25) is 0 Å². The number of piperazine rings is 1. The molecule has 0 spiro atoms. The van der Waals surface area contributed by atoms with Crippen LogP contribution in [-0.4, -0.2) is 65.4 Å². The molecule has 1 saturated heterocycles. The molecule has 0 amide bonds. The van der Waals surface area contributed by atoms with Gasteiger partial charge in [-0.05, 0) is 30.3 Å². The Morgan fingerprint density at radius 3 is 2.24 bits per heavy atom. The lowest BCUT2D eigenvalue weighted by atomic mass is 10.2. The summed E-state index contributed by atoms with van der Waals surface area (Å²) in [5, 5.41) is 3.46. The summed E-state index contributed by atoms with van der Waals surface area (Å²) in [6.07, 6.45) is 0. The fourth-order valence-electron chi connectivity index (χ4n) is 3.57. The van der Waals surface area contributed by atoms with E-state index in [9.17, 15) is 0 Å². The lowest BCUT2D eigenvalue weighted by Gasteiger charge is -2.37. The van der Waals surface area contributed by atoms with Crippen LogP contribution in [-0.2, 0) is 6.54 Å². The average molecular weight is 399 g/mol. The van der Waals surface area contributed by atoms with Gasteiger partial charge >= 0.3 is 0 Å². The molecule has 29 heavy (non-hydrogen) atoms. The Kier molecular flexibility index (Phi) is 7.05. The van der Waals surface area contributed by atoms with Gasteiger partial charge in [-0.1, -0.05) is 12.1 Å². The van der Waals surface area contributed by atoms with E-state index >= 15 is 0 Å². The van der Waals surface area contributed by atoms with Gasteiger partial charge in [0.15, 0.2) is 17.5 Å². The van der Waals surface area contributed by atoms with Crippen molar-refractivity contribution in [3.05, 3.63) is 48.0 Å². The van der Waals surface area contributed by atoms with Crippen LogP contribution in [0, 0.1) is 0 Å². The fourth-order valence-corrected chi connectivity index (χ4v) is 3.57. The van der Waals surface area contributed by atoms with Gasteiger partial charge < -0.3 is 29.3 Å². The Labute approximate surface area is 172 Å². The van der Waals surface area contributed by atoms with E-state index in [0.29, 0.717) is 6.54 Å². The maximum absolute atomic E-state index is 5.52. The number of hydrogen-bond acceptors (Lipinski definition) is 5. The number of ether oxygens (including phenoxy) is 3. The van der Waals surface area contributed by atoms with E-state index in [2.05, 4.69) is 32.2 Å². The second-order valence-electron chi connectivity index (χ2n) is 6.73. The van der Waals surface area contributed by atoms with E-state index < -0.39 is 0 Å². The predicted molar refractivity (Wildman–Crippen MR) is 117 cm³/mol. The molecule has 7 heteroatoms. The number of para-hydroxylation sites is 1. The van der Waals surface area contributed by atoms with Gasteiger partial charge in [-0.15, -0.1) is 0 Å². The third-order valence-electron chi connectivity index (χ3n) is 5.15. The number of rotatable bonds is 6. The Bertz CT molecular complexity index is 815. The van der Waals surface area contributed by atoms with Crippen LogP contribution >= 0.6 is 0 Å². The van der Waals surface area contributed by atoms with Crippen LogP contribution in [0.5, 0.6) is 17.2 Å². The van der Waals surface area contributed by atoms with Gasteiger partial charge in [-0.3, -0.25) is 4.99 Å². The molecule has 0 saturated carbocycles. The van der Waals surface area contributed by atoms with Crippen molar-refractivity contribution < 1.29 is 14.2 Å². The quantitative estimate of drug-likeness (QED) is 0.596. The molecule has 156 valence electrons. The molecule has 2 aromatic rings. The number of anilines is 1. The first-order chi connectivity index (χ1) is 14.2. The second-order valence-corrected chi connectivity index (χ2v) is 6.73. The smallest absolute Gasteiger partial charge is 0.194 e. The van der Waals surface area contributed by atoms with Crippen molar-refractivity contribution >= 4 is 11.6 Å². The number of hydrogen-bond donors (Lipinski definition) is 1. The molecule has 1 N–H and O–H groups in total. The summed E-state index contributed by atoms with van der Waals surface area (Å²) in [5.41, 5.74) is 2.25. The van der Waals surface area contributed by atoms with Gasteiger partial charge in [0.1, 0.15) is 5.75 Å². The third-order valence-corrected chi connectivity index (χ3v) is 5.15. The monoisotopic (exact) mass is 398 g/mol. The minimum atomic E-state index is 0.617. The zero-order chi connectivity index (χ0) is 20.6. The van der Waals surface area contributed by atoms with E-state index in [-0.39, 0.29) is 0 Å². The van der Waals surface area contributed by atoms with Gasteiger partial charge in [-0.2, -0.15) is 0 Å². The maximum Gasteiger partial charge on any atom is 0.194 e. The minimum absolute atomic E-state index is 0.617. The molecule has 3 rings (SSSR count). The number of methoxy groups -OCH3 is 3. The molecular formula is C22H30N4O3. The van der Waals surface area contributed by atoms with Crippen molar-refractivity contribution in [1.82, 2.24) is 10.2 Å². The second kappa shape index (κ2) is 9.91. The molecule has 7 nitrogen and oxygen atoms in total. The lowest BCUT2D eigenvalue weighted by Crippen LogP contribution is -2.52. The van der Waals surface area contributed by atoms with E-state index in [4.69, 9.17) is 14.2 Å². The van der Waals surface area contributed by atoms with Crippen molar-refractivity contribution in [3.63, 3.8) is 0 Å². The van der Waals surface area contributed by atoms with Crippen LogP contribution in [0.3, 0.4) is 0 Å². The normalized spacial score (nSPS) is 14.6. The molecule has 0 radical (unpaired) electrons. The highest BCUT2D eigenvalue weighted by atomic mass is 16.5. The number of guanidine groups is 1. The van der Waals surface area contributed by atoms with E-state index in [0.717, 1.165) is 55.0 Å². The zero-order valence-electron chi connectivity index (χ0n) is 17.6. The van der Waals surface area contributed by atoms with Crippen molar-refractivity contribution in [2.45, 2.75) is 6.54 Å². The predicted octanol–water partition coefficient (Wildman–Crippen LogP) is 2.61. The molecular weight excluding hydrogens is 368 g/mol. The van der Waals surface area contributed by atoms with Gasteiger partial charge in [0.2, 0.25) is 0 Å². The average Bonchev–Trinajstić information content (AvgIpc) is 2.79. The van der Waals surface area contributed by atoms with Crippen LogP contribution in [0.1, 0.15) is 5.56 Å². The number of aliphatic imine (C=N–C) groups is 1. The molecule has 0 aromatic heterocycles. The Hall–Kier alpha value is -3.09. The highest BCUT2D eigenvalue weighted by Gasteiger charge is 2.20. The summed E-state index contributed by atoms with van der Waals surface area (Å²) in [7, 11) is 6.82. The molecule has 1 heterocycles. The Balaban J connectivity index is 1.58. The standard InChI is InChI=1S/C22H30N4O3/c1-23-22(24-16-17-6-5-7-20(28-3)21(17)29-4)26-14-12-25(13-15-26)18-8-10-19(27-2)11-9-18/h5-11H,12-16H2,1-4H3,(H,23,24). The molecule has 2 aromatic carbocycles. The Morgan fingerprint density at radius 1 is 0.931 bits per heavy atom. The summed E-state index contributed by atoms with van der Waals surface area (Å²) in [5.74, 6) is 3.26. The zero-order valence-corrected chi connectivity index (χ0v) is 17.6. The van der Waals surface area contributed by atoms with E-state index in [1.165, 1.54) is 5.69 Å². The van der Waals surface area contributed by atoms with Gasteiger partial charge in [-0.25, -0.2) is 0 Å².